The predicted octanol–water partition coefficient (Wildman–Crippen LogP) is 1.68. The predicted molar refractivity (Wildman–Crippen MR) is 57.7 cm³/mol. The Morgan fingerprint density at radius 1 is 1.17 bits per heavy atom. The van der Waals surface area contributed by atoms with Crippen LogP contribution in [0.25, 0.3) is 0 Å². The fourth-order valence-electron chi connectivity index (χ4n) is 1.53. The van der Waals surface area contributed by atoms with Gasteiger partial charge in [0.1, 0.15) is 12.4 Å². The van der Waals surface area contributed by atoms with Crippen molar-refractivity contribution in [2.75, 3.05) is 24.6 Å². The number of alkyl halides is 3. The highest BCUT2D eigenvalue weighted by atomic mass is 19.4. The van der Waals surface area contributed by atoms with Gasteiger partial charge in [0.25, 0.3) is 0 Å². The molecule has 7 heteroatoms. The summed E-state index contributed by atoms with van der Waals surface area (Å²) in [5.41, 5.74) is 0.0192. The number of hydrogen-bond acceptors (Lipinski definition) is 3. The lowest BCUT2D eigenvalue weighted by Crippen LogP contribution is -2.36. The van der Waals surface area contributed by atoms with Crippen molar-refractivity contribution in [2.24, 2.45) is 0 Å². The molecule has 18 heavy (non-hydrogen) atoms. The summed E-state index contributed by atoms with van der Waals surface area (Å²) in [7, 11) is 0. The number of rotatable bonds is 5. The largest absolute Gasteiger partial charge is 0.405 e. The van der Waals surface area contributed by atoms with Gasteiger partial charge in [-0.25, -0.2) is 4.39 Å². The van der Waals surface area contributed by atoms with Crippen molar-refractivity contribution < 1.29 is 27.8 Å². The SMILES string of the molecule is OCCN(CC(F)(F)F)c1ccc(CO)cc1F. The summed E-state index contributed by atoms with van der Waals surface area (Å²) >= 11 is 0. The van der Waals surface area contributed by atoms with Gasteiger partial charge in [0.05, 0.1) is 18.9 Å². The number of aliphatic hydroxyl groups is 2. The lowest BCUT2D eigenvalue weighted by atomic mass is 10.2. The minimum absolute atomic E-state index is 0.251. The first-order chi connectivity index (χ1) is 8.37. The molecule has 0 aromatic heterocycles. The van der Waals surface area contributed by atoms with Crippen LogP contribution in [-0.4, -0.2) is 36.1 Å². The van der Waals surface area contributed by atoms with Crippen LogP contribution in [0.3, 0.4) is 0 Å². The third-order valence-corrected chi connectivity index (χ3v) is 2.28. The Kier molecular flexibility index (Phi) is 4.92. The molecule has 0 atom stereocenters. The van der Waals surface area contributed by atoms with Crippen LogP contribution >= 0.6 is 0 Å². The molecule has 0 amide bonds. The second-order valence-corrected chi connectivity index (χ2v) is 3.70. The standard InChI is InChI=1S/C11H13F4NO2/c12-9-5-8(6-18)1-2-10(9)16(3-4-17)7-11(13,14)15/h1-2,5,17-18H,3-4,6-7H2. The van der Waals surface area contributed by atoms with E-state index in [1.807, 2.05) is 0 Å². The minimum atomic E-state index is -4.49. The average molecular weight is 267 g/mol. The zero-order chi connectivity index (χ0) is 13.8. The molecule has 0 aliphatic rings. The molecule has 0 spiro atoms. The van der Waals surface area contributed by atoms with Crippen molar-refractivity contribution in [3.63, 3.8) is 0 Å². The number of hydrogen-bond donors (Lipinski definition) is 2. The number of benzene rings is 1. The van der Waals surface area contributed by atoms with Crippen molar-refractivity contribution in [3.05, 3.63) is 29.6 Å². The maximum Gasteiger partial charge on any atom is 0.405 e. The van der Waals surface area contributed by atoms with E-state index in [9.17, 15) is 17.6 Å². The Labute approximate surface area is 101 Å². The van der Waals surface area contributed by atoms with Gasteiger partial charge in [-0.15, -0.1) is 0 Å². The van der Waals surface area contributed by atoms with Crippen LogP contribution in [0.4, 0.5) is 23.2 Å². The summed E-state index contributed by atoms with van der Waals surface area (Å²) in [6.07, 6.45) is -4.49. The number of anilines is 1. The molecule has 0 radical (unpaired) electrons. The molecular weight excluding hydrogens is 254 g/mol. The van der Waals surface area contributed by atoms with Crippen LogP contribution < -0.4 is 4.90 Å². The molecule has 2 N–H and O–H groups in total. The Hall–Kier alpha value is -1.34. The second-order valence-electron chi connectivity index (χ2n) is 3.70. The molecule has 0 saturated carbocycles. The van der Waals surface area contributed by atoms with Crippen LogP contribution in [0.1, 0.15) is 5.56 Å². The summed E-state index contributed by atoms with van der Waals surface area (Å²) in [5.74, 6) is -0.862. The molecule has 0 aliphatic carbocycles. The van der Waals surface area contributed by atoms with Gasteiger partial charge in [-0.05, 0) is 17.7 Å². The van der Waals surface area contributed by atoms with Gasteiger partial charge in [0, 0.05) is 6.54 Å². The van der Waals surface area contributed by atoms with Crippen molar-refractivity contribution in [2.45, 2.75) is 12.8 Å². The summed E-state index contributed by atoms with van der Waals surface area (Å²) in [6, 6.07) is 3.46. The molecule has 1 aromatic carbocycles. The number of nitrogens with zero attached hydrogens (tertiary/aromatic N) is 1. The summed E-state index contributed by atoms with van der Waals surface area (Å²) in [6.45, 7) is -2.58. The monoisotopic (exact) mass is 267 g/mol. The smallest absolute Gasteiger partial charge is 0.395 e. The van der Waals surface area contributed by atoms with Crippen LogP contribution in [-0.2, 0) is 6.61 Å². The maximum atomic E-state index is 13.6. The minimum Gasteiger partial charge on any atom is -0.395 e. The highest BCUT2D eigenvalue weighted by Gasteiger charge is 2.31. The van der Waals surface area contributed by atoms with Crippen LogP contribution in [0.2, 0.25) is 0 Å². The quantitative estimate of drug-likeness (QED) is 0.798. The fourth-order valence-corrected chi connectivity index (χ4v) is 1.53. The van der Waals surface area contributed by atoms with E-state index >= 15 is 0 Å². The summed E-state index contributed by atoms with van der Waals surface area (Å²) < 4.78 is 50.5. The van der Waals surface area contributed by atoms with Crippen LogP contribution in [0.5, 0.6) is 0 Å². The first-order valence-electron chi connectivity index (χ1n) is 5.19. The third-order valence-electron chi connectivity index (χ3n) is 2.28. The summed E-state index contributed by atoms with van der Waals surface area (Å²) in [5, 5.41) is 17.5. The first kappa shape index (κ1) is 14.7. The highest BCUT2D eigenvalue weighted by Crippen LogP contribution is 2.25. The Morgan fingerprint density at radius 3 is 2.28 bits per heavy atom. The van der Waals surface area contributed by atoms with E-state index in [0.717, 1.165) is 12.1 Å². The van der Waals surface area contributed by atoms with E-state index in [2.05, 4.69) is 0 Å². The highest BCUT2D eigenvalue weighted by molar-refractivity contribution is 5.49. The van der Waals surface area contributed by atoms with E-state index < -0.39 is 31.8 Å². The Bertz CT molecular complexity index is 395. The average Bonchev–Trinajstić information content (AvgIpc) is 2.26. The normalized spacial score (nSPS) is 11.7. The van der Waals surface area contributed by atoms with Gasteiger partial charge in [-0.1, -0.05) is 6.07 Å². The molecule has 1 aromatic rings. The summed E-state index contributed by atoms with van der Waals surface area (Å²) in [4.78, 5) is 0.705. The molecule has 3 nitrogen and oxygen atoms in total. The van der Waals surface area contributed by atoms with E-state index in [0.29, 0.717) is 4.90 Å². The van der Waals surface area contributed by atoms with Gasteiger partial charge in [-0.3, -0.25) is 0 Å². The molecule has 0 bridgehead atoms. The van der Waals surface area contributed by atoms with Gasteiger partial charge in [0.15, 0.2) is 0 Å². The Balaban J connectivity index is 2.98. The van der Waals surface area contributed by atoms with Crippen LogP contribution in [0, 0.1) is 5.82 Å². The third kappa shape index (κ3) is 4.15. The van der Waals surface area contributed by atoms with Crippen LogP contribution in [0.15, 0.2) is 18.2 Å². The molecule has 0 aliphatic heterocycles. The number of halogens is 4. The molecule has 102 valence electrons. The zero-order valence-corrected chi connectivity index (χ0v) is 9.41. The van der Waals surface area contributed by atoms with Crippen molar-refractivity contribution in [1.29, 1.82) is 0 Å². The van der Waals surface area contributed by atoms with Gasteiger partial charge in [-0.2, -0.15) is 13.2 Å². The van der Waals surface area contributed by atoms with Crippen molar-refractivity contribution in [3.8, 4) is 0 Å². The second kappa shape index (κ2) is 6.01. The molecule has 1 rings (SSSR count). The molecule has 0 saturated heterocycles. The maximum absolute atomic E-state index is 13.6. The molecule has 0 unspecified atom stereocenters. The van der Waals surface area contributed by atoms with Crippen molar-refractivity contribution in [1.82, 2.24) is 0 Å². The lowest BCUT2D eigenvalue weighted by molar-refractivity contribution is -0.119. The molecule has 0 fully saturated rings. The van der Waals surface area contributed by atoms with Gasteiger partial charge >= 0.3 is 6.18 Å². The van der Waals surface area contributed by atoms with Gasteiger partial charge in [0.2, 0.25) is 0 Å². The fraction of sp³-hybridized carbons (Fsp3) is 0.455. The Morgan fingerprint density at radius 2 is 1.83 bits per heavy atom. The molecular formula is C11H13F4NO2. The lowest BCUT2D eigenvalue weighted by Gasteiger charge is -2.25. The van der Waals surface area contributed by atoms with E-state index in [1.54, 1.807) is 0 Å². The molecule has 0 heterocycles. The first-order valence-corrected chi connectivity index (χ1v) is 5.19. The van der Waals surface area contributed by atoms with E-state index in [4.69, 9.17) is 10.2 Å². The number of aliphatic hydroxyl groups excluding tert-OH is 2. The van der Waals surface area contributed by atoms with Gasteiger partial charge < -0.3 is 15.1 Å². The van der Waals surface area contributed by atoms with E-state index in [1.165, 1.54) is 6.07 Å². The van der Waals surface area contributed by atoms with Crippen molar-refractivity contribution >= 4 is 5.69 Å². The van der Waals surface area contributed by atoms with E-state index in [-0.39, 0.29) is 17.8 Å². The zero-order valence-electron chi connectivity index (χ0n) is 9.41. The topological polar surface area (TPSA) is 43.7 Å².